The van der Waals surface area contributed by atoms with E-state index in [4.69, 9.17) is 11.6 Å². The van der Waals surface area contributed by atoms with Crippen LogP contribution in [0.3, 0.4) is 0 Å². The Kier molecular flexibility index (Phi) is 3.64. The number of halogens is 2. The van der Waals surface area contributed by atoms with Crippen molar-refractivity contribution in [2.45, 2.75) is 0 Å². The van der Waals surface area contributed by atoms with Crippen molar-refractivity contribution in [2.75, 3.05) is 0 Å². The summed E-state index contributed by atoms with van der Waals surface area (Å²) in [7, 11) is 0. The van der Waals surface area contributed by atoms with Crippen LogP contribution in [0, 0.1) is 0 Å². The van der Waals surface area contributed by atoms with Gasteiger partial charge in [-0.1, -0.05) is 51.0 Å². The molecule has 19 heavy (non-hydrogen) atoms. The molecule has 0 atom stereocenters. The van der Waals surface area contributed by atoms with Crippen molar-refractivity contribution >= 4 is 60.4 Å². The van der Waals surface area contributed by atoms with E-state index in [1.807, 2.05) is 48.7 Å². The van der Waals surface area contributed by atoms with Crippen LogP contribution in [0.5, 0.6) is 0 Å². The van der Waals surface area contributed by atoms with Crippen LogP contribution in [-0.2, 0) is 0 Å². The number of aliphatic imine (C=N–C) groups is 1. The predicted molar refractivity (Wildman–Crippen MR) is 86.0 cm³/mol. The zero-order valence-electron chi connectivity index (χ0n) is 9.68. The van der Waals surface area contributed by atoms with Crippen molar-refractivity contribution in [1.82, 2.24) is 4.98 Å². The van der Waals surface area contributed by atoms with Crippen LogP contribution < -0.4 is 0 Å². The van der Waals surface area contributed by atoms with Crippen LogP contribution in [0.4, 0.5) is 5.13 Å². The fraction of sp³-hybridized carbons (Fsp3) is 0. The highest BCUT2D eigenvalue weighted by atomic mass is 79.9. The van der Waals surface area contributed by atoms with Crippen LogP contribution in [0.2, 0.25) is 5.02 Å². The highest BCUT2D eigenvalue weighted by molar-refractivity contribution is 9.10. The average Bonchev–Trinajstić information content (AvgIpc) is 2.80. The zero-order valence-corrected chi connectivity index (χ0v) is 12.8. The Balaban J connectivity index is 1.90. The summed E-state index contributed by atoms with van der Waals surface area (Å²) >= 11 is 10.9. The van der Waals surface area contributed by atoms with Crippen molar-refractivity contribution in [1.29, 1.82) is 0 Å². The van der Waals surface area contributed by atoms with Crippen LogP contribution in [0.1, 0.15) is 5.56 Å². The minimum atomic E-state index is 0.722. The molecule has 0 saturated heterocycles. The number of rotatable bonds is 2. The van der Waals surface area contributed by atoms with Crippen LogP contribution >= 0.6 is 38.9 Å². The van der Waals surface area contributed by atoms with Crippen molar-refractivity contribution in [3.05, 3.63) is 57.5 Å². The third kappa shape index (κ3) is 3.03. The maximum Gasteiger partial charge on any atom is 0.210 e. The number of thiazole rings is 1. The molecule has 0 aliphatic rings. The van der Waals surface area contributed by atoms with E-state index in [9.17, 15) is 0 Å². The SMILES string of the molecule is Clc1ccc2nc(/N=C\c3ccc(Br)cc3)sc2c1. The largest absolute Gasteiger partial charge is 0.227 e. The Morgan fingerprint density at radius 1 is 1.16 bits per heavy atom. The summed E-state index contributed by atoms with van der Waals surface area (Å²) in [5, 5.41) is 1.46. The lowest BCUT2D eigenvalue weighted by Crippen LogP contribution is -1.78. The van der Waals surface area contributed by atoms with Gasteiger partial charge in [-0.25, -0.2) is 9.98 Å². The summed E-state index contributed by atoms with van der Waals surface area (Å²) in [6.07, 6.45) is 1.81. The lowest BCUT2D eigenvalue weighted by molar-refractivity contribution is 1.41. The van der Waals surface area contributed by atoms with E-state index >= 15 is 0 Å². The van der Waals surface area contributed by atoms with E-state index in [0.717, 1.165) is 30.4 Å². The minimum absolute atomic E-state index is 0.722. The number of hydrogen-bond acceptors (Lipinski definition) is 3. The predicted octanol–water partition coefficient (Wildman–Crippen LogP) is 5.46. The van der Waals surface area contributed by atoms with Gasteiger partial charge in [-0.15, -0.1) is 0 Å². The summed E-state index contributed by atoms with van der Waals surface area (Å²) in [5.74, 6) is 0. The third-order valence-electron chi connectivity index (χ3n) is 2.53. The van der Waals surface area contributed by atoms with Crippen LogP contribution in [-0.4, -0.2) is 11.2 Å². The molecule has 0 unspecified atom stereocenters. The molecule has 2 nitrogen and oxygen atoms in total. The van der Waals surface area contributed by atoms with Crippen LogP contribution in [0.25, 0.3) is 10.2 Å². The van der Waals surface area contributed by atoms with Crippen LogP contribution in [0.15, 0.2) is 51.9 Å². The molecule has 0 amide bonds. The number of hydrogen-bond donors (Lipinski definition) is 0. The van der Waals surface area contributed by atoms with Gasteiger partial charge in [-0.3, -0.25) is 0 Å². The van der Waals surface area contributed by atoms with Crippen molar-refractivity contribution in [3.63, 3.8) is 0 Å². The van der Waals surface area contributed by atoms with Gasteiger partial charge in [0.15, 0.2) is 0 Å². The van der Waals surface area contributed by atoms with Gasteiger partial charge < -0.3 is 0 Å². The molecule has 0 radical (unpaired) electrons. The molecule has 0 fully saturated rings. The summed E-state index contributed by atoms with van der Waals surface area (Å²) in [6, 6.07) is 13.6. The van der Waals surface area contributed by atoms with Gasteiger partial charge in [0.2, 0.25) is 5.13 Å². The molecule has 5 heteroatoms. The van der Waals surface area contributed by atoms with E-state index < -0.39 is 0 Å². The topological polar surface area (TPSA) is 25.2 Å². The quantitative estimate of drug-likeness (QED) is 0.563. The Labute approximate surface area is 127 Å². The Morgan fingerprint density at radius 3 is 2.74 bits per heavy atom. The molecule has 3 aromatic rings. The summed E-state index contributed by atoms with van der Waals surface area (Å²) < 4.78 is 2.11. The van der Waals surface area contributed by atoms with Gasteiger partial charge in [0.25, 0.3) is 0 Å². The first-order chi connectivity index (χ1) is 9.20. The Bertz CT molecular complexity index is 750. The third-order valence-corrected chi connectivity index (χ3v) is 4.22. The highest BCUT2D eigenvalue weighted by Gasteiger charge is 2.02. The van der Waals surface area contributed by atoms with Crippen molar-refractivity contribution < 1.29 is 0 Å². The van der Waals surface area contributed by atoms with E-state index in [-0.39, 0.29) is 0 Å². The molecule has 0 aliphatic heterocycles. The molecule has 0 aliphatic carbocycles. The van der Waals surface area contributed by atoms with Gasteiger partial charge in [-0.05, 0) is 35.9 Å². The van der Waals surface area contributed by atoms with Gasteiger partial charge >= 0.3 is 0 Å². The molecule has 1 aromatic heterocycles. The van der Waals surface area contributed by atoms with Crippen molar-refractivity contribution in [2.24, 2.45) is 4.99 Å². The van der Waals surface area contributed by atoms with E-state index in [1.54, 1.807) is 0 Å². The van der Waals surface area contributed by atoms with E-state index in [1.165, 1.54) is 11.3 Å². The number of nitrogens with zero attached hydrogens (tertiary/aromatic N) is 2. The first-order valence-electron chi connectivity index (χ1n) is 5.56. The fourth-order valence-electron chi connectivity index (χ4n) is 1.62. The molecular weight excluding hydrogens is 344 g/mol. The van der Waals surface area contributed by atoms with Gasteiger partial charge in [0.05, 0.1) is 10.2 Å². The molecule has 94 valence electrons. The normalized spacial score (nSPS) is 11.5. The molecular formula is C14H8BrClN2S. The number of aromatic nitrogens is 1. The number of benzene rings is 2. The van der Waals surface area contributed by atoms with E-state index in [0.29, 0.717) is 0 Å². The first kappa shape index (κ1) is 12.8. The minimum Gasteiger partial charge on any atom is -0.227 e. The van der Waals surface area contributed by atoms with Gasteiger partial charge in [0, 0.05) is 15.7 Å². The molecule has 0 saturated carbocycles. The molecule has 0 spiro atoms. The highest BCUT2D eigenvalue weighted by Crippen LogP contribution is 2.29. The van der Waals surface area contributed by atoms with Gasteiger partial charge in [0.1, 0.15) is 0 Å². The van der Waals surface area contributed by atoms with Gasteiger partial charge in [-0.2, -0.15) is 0 Å². The summed E-state index contributed by atoms with van der Waals surface area (Å²) in [4.78, 5) is 8.84. The maximum absolute atomic E-state index is 5.95. The molecule has 3 rings (SSSR count). The number of fused-ring (bicyclic) bond motifs is 1. The average molecular weight is 352 g/mol. The second-order valence-corrected chi connectivity index (χ2v) is 6.28. The second-order valence-electron chi connectivity index (χ2n) is 3.92. The summed E-state index contributed by atoms with van der Waals surface area (Å²) in [6.45, 7) is 0. The lowest BCUT2D eigenvalue weighted by atomic mass is 10.2. The monoisotopic (exact) mass is 350 g/mol. The second kappa shape index (κ2) is 5.41. The first-order valence-corrected chi connectivity index (χ1v) is 7.55. The molecule has 0 bridgehead atoms. The molecule has 2 aromatic carbocycles. The van der Waals surface area contributed by atoms with E-state index in [2.05, 4.69) is 25.9 Å². The zero-order chi connectivity index (χ0) is 13.2. The smallest absolute Gasteiger partial charge is 0.210 e. The Hall–Kier alpha value is -1.23. The standard InChI is InChI=1S/C14H8BrClN2S/c15-10-3-1-9(2-4-10)8-17-14-18-12-6-5-11(16)7-13(12)19-14/h1-8H/b17-8-. The fourth-order valence-corrected chi connectivity index (χ4v) is 2.97. The molecule has 0 N–H and O–H groups in total. The Morgan fingerprint density at radius 2 is 1.95 bits per heavy atom. The summed E-state index contributed by atoms with van der Waals surface area (Å²) in [5.41, 5.74) is 1.97. The van der Waals surface area contributed by atoms with Crippen molar-refractivity contribution in [3.8, 4) is 0 Å². The molecule has 1 heterocycles. The lowest BCUT2D eigenvalue weighted by Gasteiger charge is -1.91. The maximum atomic E-state index is 5.95.